The van der Waals surface area contributed by atoms with E-state index < -0.39 is 29.7 Å². The molecule has 6 nitrogen and oxygen atoms in total. The van der Waals surface area contributed by atoms with Gasteiger partial charge < -0.3 is 14.6 Å². The fourth-order valence-electron chi connectivity index (χ4n) is 2.80. The number of rotatable bonds is 4. The third-order valence-electron chi connectivity index (χ3n) is 3.85. The summed E-state index contributed by atoms with van der Waals surface area (Å²) in [4.78, 5) is 25.3. The minimum absolute atomic E-state index is 0.0171. The topological polar surface area (TPSA) is 76.1 Å². The fourth-order valence-corrected chi connectivity index (χ4v) is 2.80. The van der Waals surface area contributed by atoms with Crippen LogP contribution in [0.5, 0.6) is 0 Å². The number of amides is 1. The van der Waals surface area contributed by atoms with Gasteiger partial charge in [0.15, 0.2) is 0 Å². The van der Waals surface area contributed by atoms with Crippen LogP contribution >= 0.6 is 0 Å². The fraction of sp³-hybridized carbons (Fsp3) is 0.867. The van der Waals surface area contributed by atoms with E-state index in [2.05, 4.69) is 0 Å². The van der Waals surface area contributed by atoms with Gasteiger partial charge in [-0.25, -0.2) is 4.79 Å². The van der Waals surface area contributed by atoms with Crippen molar-refractivity contribution in [3.05, 3.63) is 0 Å². The maximum absolute atomic E-state index is 12.4. The Hall–Kier alpha value is -1.30. The van der Waals surface area contributed by atoms with E-state index in [-0.39, 0.29) is 12.1 Å². The lowest BCUT2D eigenvalue weighted by Gasteiger charge is -2.36. The third-order valence-corrected chi connectivity index (χ3v) is 3.85. The molecule has 2 unspecified atom stereocenters. The van der Waals surface area contributed by atoms with Crippen molar-refractivity contribution < 1.29 is 24.2 Å². The van der Waals surface area contributed by atoms with Crippen molar-refractivity contribution in [2.45, 2.75) is 71.2 Å². The predicted molar refractivity (Wildman–Crippen MR) is 78.2 cm³/mol. The summed E-state index contributed by atoms with van der Waals surface area (Å²) in [5.41, 5.74) is -0.578. The molecule has 122 valence electrons. The van der Waals surface area contributed by atoms with Crippen molar-refractivity contribution in [3.8, 4) is 0 Å². The summed E-state index contributed by atoms with van der Waals surface area (Å²) in [7, 11) is 1.49. The molecule has 0 spiro atoms. The second-order valence-corrected chi connectivity index (χ2v) is 6.71. The van der Waals surface area contributed by atoms with Crippen molar-refractivity contribution in [2.24, 2.45) is 5.92 Å². The number of nitrogens with zero attached hydrogens (tertiary/aromatic N) is 1. The Morgan fingerprint density at radius 1 is 1.29 bits per heavy atom. The van der Waals surface area contributed by atoms with Gasteiger partial charge in [-0.15, -0.1) is 0 Å². The summed E-state index contributed by atoms with van der Waals surface area (Å²) >= 11 is 0. The Bertz CT molecular complexity index is 390. The van der Waals surface area contributed by atoms with E-state index in [1.165, 1.54) is 7.11 Å². The third kappa shape index (κ3) is 4.33. The summed E-state index contributed by atoms with van der Waals surface area (Å²) < 4.78 is 10.8. The smallest absolute Gasteiger partial charge is 0.410 e. The predicted octanol–water partition coefficient (Wildman–Crippen LogP) is 2.51. The Morgan fingerprint density at radius 3 is 2.29 bits per heavy atom. The first-order valence-corrected chi connectivity index (χ1v) is 7.35. The molecule has 1 saturated heterocycles. The maximum atomic E-state index is 12.4. The van der Waals surface area contributed by atoms with Gasteiger partial charge in [-0.3, -0.25) is 9.69 Å². The van der Waals surface area contributed by atoms with Crippen molar-refractivity contribution >= 4 is 12.1 Å². The minimum atomic E-state index is -0.925. The number of carboxylic acid groups (broad SMARTS) is 1. The Kier molecular flexibility index (Phi) is 5.61. The van der Waals surface area contributed by atoms with Gasteiger partial charge in [-0.05, 0) is 47.5 Å². The van der Waals surface area contributed by atoms with E-state index in [0.717, 1.165) is 12.8 Å². The van der Waals surface area contributed by atoms with Gasteiger partial charge in [-0.1, -0.05) is 0 Å². The van der Waals surface area contributed by atoms with Crippen molar-refractivity contribution in [2.75, 3.05) is 7.11 Å². The van der Waals surface area contributed by atoms with Crippen molar-refractivity contribution in [3.63, 3.8) is 0 Å². The van der Waals surface area contributed by atoms with Crippen LogP contribution in [0, 0.1) is 5.92 Å². The second-order valence-electron chi connectivity index (χ2n) is 6.71. The summed E-state index contributed by atoms with van der Waals surface area (Å²) in [5.74, 6) is -1.61. The highest BCUT2D eigenvalue weighted by Crippen LogP contribution is 2.31. The monoisotopic (exact) mass is 301 g/mol. The van der Waals surface area contributed by atoms with Crippen molar-refractivity contribution in [1.29, 1.82) is 0 Å². The number of carboxylic acids is 1. The molecular weight excluding hydrogens is 274 g/mol. The number of methoxy groups -OCH3 is 1. The number of ether oxygens (including phenoxy) is 2. The van der Waals surface area contributed by atoms with Crippen LogP contribution < -0.4 is 0 Å². The van der Waals surface area contributed by atoms with Gasteiger partial charge >= 0.3 is 12.1 Å². The van der Waals surface area contributed by atoms with Gasteiger partial charge in [0.1, 0.15) is 5.60 Å². The summed E-state index contributed by atoms with van der Waals surface area (Å²) in [6.07, 6.45) is 0.587. The molecule has 1 fully saturated rings. The summed E-state index contributed by atoms with van der Waals surface area (Å²) in [5, 5.41) is 9.21. The number of carbonyl (C=O) groups is 2. The average Bonchev–Trinajstić information content (AvgIpc) is 2.69. The van der Waals surface area contributed by atoms with E-state index in [9.17, 15) is 14.7 Å². The number of likely N-dealkylation sites (tertiary alicyclic amines) is 1. The second kappa shape index (κ2) is 6.64. The quantitative estimate of drug-likeness (QED) is 0.863. The van der Waals surface area contributed by atoms with E-state index in [0.29, 0.717) is 0 Å². The molecule has 1 aliphatic rings. The van der Waals surface area contributed by atoms with Gasteiger partial charge in [0.2, 0.25) is 0 Å². The minimum Gasteiger partial charge on any atom is -0.481 e. The lowest BCUT2D eigenvalue weighted by Crippen LogP contribution is -2.51. The van der Waals surface area contributed by atoms with E-state index >= 15 is 0 Å². The molecule has 1 heterocycles. The van der Waals surface area contributed by atoms with Gasteiger partial charge in [-0.2, -0.15) is 0 Å². The largest absolute Gasteiger partial charge is 0.481 e. The van der Waals surface area contributed by atoms with Gasteiger partial charge in [0, 0.05) is 13.2 Å². The standard InChI is InChI=1S/C15H27NO5/c1-9-7-8-11(12(20-6)10(2)13(17)18)16(9)14(19)21-15(3,4)5/h9-12H,7-8H2,1-6H3,(H,17,18)/t9-,10?,11-,12?/m0/s1. The maximum Gasteiger partial charge on any atom is 0.410 e. The Morgan fingerprint density at radius 2 is 1.86 bits per heavy atom. The molecule has 6 heteroatoms. The summed E-state index contributed by atoms with van der Waals surface area (Å²) in [6.45, 7) is 8.99. The number of aliphatic carboxylic acids is 1. The molecule has 0 aromatic rings. The van der Waals surface area contributed by atoms with Gasteiger partial charge in [0.25, 0.3) is 0 Å². The molecule has 0 bridgehead atoms. The van der Waals surface area contributed by atoms with E-state index in [1.54, 1.807) is 11.8 Å². The first-order valence-electron chi connectivity index (χ1n) is 7.35. The summed E-state index contributed by atoms with van der Waals surface area (Å²) in [6, 6.07) is -0.255. The van der Waals surface area contributed by atoms with Crippen LogP contribution in [0.3, 0.4) is 0 Å². The first kappa shape index (κ1) is 17.8. The van der Waals surface area contributed by atoms with Crippen LogP contribution in [0.4, 0.5) is 4.79 Å². The molecule has 0 saturated carbocycles. The number of hydrogen-bond donors (Lipinski definition) is 1. The highest BCUT2D eigenvalue weighted by molar-refractivity contribution is 5.72. The van der Waals surface area contributed by atoms with Crippen LogP contribution in [0.15, 0.2) is 0 Å². The van der Waals surface area contributed by atoms with Crippen LogP contribution in [-0.2, 0) is 14.3 Å². The van der Waals surface area contributed by atoms with Crippen LogP contribution in [0.2, 0.25) is 0 Å². The molecule has 1 N–H and O–H groups in total. The zero-order valence-corrected chi connectivity index (χ0v) is 13.8. The molecule has 1 rings (SSSR count). The average molecular weight is 301 g/mol. The lowest BCUT2D eigenvalue weighted by atomic mass is 9.96. The number of hydrogen-bond acceptors (Lipinski definition) is 4. The first-order chi connectivity index (χ1) is 9.58. The van der Waals surface area contributed by atoms with E-state index in [4.69, 9.17) is 9.47 Å². The van der Waals surface area contributed by atoms with Crippen LogP contribution in [-0.4, -0.2) is 53.0 Å². The van der Waals surface area contributed by atoms with Crippen LogP contribution in [0.1, 0.15) is 47.5 Å². The van der Waals surface area contributed by atoms with Crippen molar-refractivity contribution in [1.82, 2.24) is 4.90 Å². The number of carbonyl (C=O) groups excluding carboxylic acids is 1. The molecule has 0 aliphatic carbocycles. The van der Waals surface area contributed by atoms with E-state index in [1.807, 2.05) is 27.7 Å². The molecular formula is C15H27NO5. The Labute approximate surface area is 126 Å². The zero-order chi connectivity index (χ0) is 16.4. The molecule has 0 radical (unpaired) electrons. The molecule has 1 aliphatic heterocycles. The van der Waals surface area contributed by atoms with Crippen LogP contribution in [0.25, 0.3) is 0 Å². The molecule has 21 heavy (non-hydrogen) atoms. The lowest BCUT2D eigenvalue weighted by molar-refractivity contribution is -0.147. The molecule has 0 aromatic heterocycles. The zero-order valence-electron chi connectivity index (χ0n) is 13.8. The molecule has 0 aromatic carbocycles. The highest BCUT2D eigenvalue weighted by Gasteiger charge is 2.44. The SMILES string of the molecule is COC(C(C)C(=O)O)[C@@H]1CC[C@H](C)N1C(=O)OC(C)(C)C. The molecule has 1 amide bonds. The highest BCUT2D eigenvalue weighted by atomic mass is 16.6. The van der Waals surface area contributed by atoms with Gasteiger partial charge in [0.05, 0.1) is 18.1 Å². The normalized spacial score (nSPS) is 25.5. The molecule has 4 atom stereocenters. The Balaban J connectivity index is 2.94.